The van der Waals surface area contributed by atoms with Crippen molar-refractivity contribution in [3.05, 3.63) is 34.9 Å². The fourth-order valence-corrected chi connectivity index (χ4v) is 3.62. The number of halogens is 1. The summed E-state index contributed by atoms with van der Waals surface area (Å²) in [6.45, 7) is 8.94. The normalized spacial score (nSPS) is 20.6. The fraction of sp³-hybridized carbons (Fsp3) is 0.600. The van der Waals surface area contributed by atoms with Crippen LogP contribution in [0.1, 0.15) is 46.1 Å². The number of piperidine rings is 1. The number of rotatable bonds is 4. The molecular weight excluding hydrogens is 352 g/mol. The van der Waals surface area contributed by atoms with E-state index in [0.717, 1.165) is 12.0 Å². The number of hydrogen-bond donors (Lipinski definition) is 1. The Morgan fingerprint density at radius 1 is 1.35 bits per heavy atom. The maximum Gasteiger partial charge on any atom is 0.317 e. The number of hydrogen-bond acceptors (Lipinski definition) is 3. The van der Waals surface area contributed by atoms with Gasteiger partial charge in [0.1, 0.15) is 0 Å². The lowest BCUT2D eigenvalue weighted by atomic mass is 9.75. The van der Waals surface area contributed by atoms with Gasteiger partial charge in [0.25, 0.3) is 0 Å². The highest BCUT2D eigenvalue weighted by Crippen LogP contribution is 2.36. The van der Waals surface area contributed by atoms with E-state index in [4.69, 9.17) is 16.3 Å². The van der Waals surface area contributed by atoms with Crippen molar-refractivity contribution in [2.75, 3.05) is 19.7 Å². The van der Waals surface area contributed by atoms with Crippen LogP contribution in [0.4, 0.5) is 4.79 Å². The third-order valence-corrected chi connectivity index (χ3v) is 4.72. The molecule has 1 fully saturated rings. The highest BCUT2D eigenvalue weighted by atomic mass is 35.5. The first-order valence-electron chi connectivity index (χ1n) is 9.14. The van der Waals surface area contributed by atoms with Crippen molar-refractivity contribution in [2.45, 2.75) is 52.5 Å². The molecule has 0 aromatic heterocycles. The number of urea groups is 1. The molecule has 26 heavy (non-hydrogen) atoms. The van der Waals surface area contributed by atoms with Crippen molar-refractivity contribution in [2.24, 2.45) is 5.41 Å². The maximum atomic E-state index is 12.8. The molecule has 1 atom stereocenters. The second-order valence-corrected chi connectivity index (χ2v) is 8.45. The van der Waals surface area contributed by atoms with E-state index in [9.17, 15) is 9.59 Å². The molecule has 0 spiro atoms. The number of nitrogens with zero attached hydrogens (tertiary/aromatic N) is 1. The number of carbonyl (C=O) groups excluding carboxylic acids is 2. The Hall–Kier alpha value is -1.75. The Labute approximate surface area is 161 Å². The van der Waals surface area contributed by atoms with Crippen LogP contribution in [-0.2, 0) is 16.0 Å². The number of benzene rings is 1. The molecule has 1 N–H and O–H groups in total. The predicted molar refractivity (Wildman–Crippen MR) is 103 cm³/mol. The van der Waals surface area contributed by atoms with Gasteiger partial charge in [-0.2, -0.15) is 0 Å². The Bertz CT molecular complexity index is 657. The van der Waals surface area contributed by atoms with Crippen LogP contribution in [0, 0.1) is 5.41 Å². The highest BCUT2D eigenvalue weighted by molar-refractivity contribution is 6.30. The van der Waals surface area contributed by atoms with E-state index in [0.29, 0.717) is 37.6 Å². The van der Waals surface area contributed by atoms with Gasteiger partial charge in [-0.15, -0.1) is 0 Å². The minimum Gasteiger partial charge on any atom is -0.466 e. The number of amides is 2. The third kappa shape index (κ3) is 5.37. The van der Waals surface area contributed by atoms with Crippen molar-refractivity contribution >= 4 is 23.6 Å². The van der Waals surface area contributed by atoms with Gasteiger partial charge in [0, 0.05) is 23.7 Å². The largest absolute Gasteiger partial charge is 0.466 e. The minimum atomic E-state index is -0.742. The minimum absolute atomic E-state index is 0.142. The van der Waals surface area contributed by atoms with Crippen LogP contribution in [0.25, 0.3) is 0 Å². The van der Waals surface area contributed by atoms with Crippen LogP contribution < -0.4 is 5.32 Å². The summed E-state index contributed by atoms with van der Waals surface area (Å²) in [6, 6.07) is 7.38. The quantitative estimate of drug-likeness (QED) is 0.802. The smallest absolute Gasteiger partial charge is 0.317 e. The molecule has 1 heterocycles. The Morgan fingerprint density at radius 2 is 2.08 bits per heavy atom. The van der Waals surface area contributed by atoms with Gasteiger partial charge in [0.05, 0.1) is 12.0 Å². The molecule has 1 aliphatic heterocycles. The average molecular weight is 381 g/mol. The molecule has 1 aromatic rings. The lowest BCUT2D eigenvalue weighted by Crippen LogP contribution is -2.56. The third-order valence-electron chi connectivity index (χ3n) is 4.49. The SMILES string of the molecule is CCOC(=O)[C@]1(Cc2cccc(Cl)c2)CCCN(C(=O)NC(C)(C)C)C1. The summed E-state index contributed by atoms with van der Waals surface area (Å²) >= 11 is 6.11. The van der Waals surface area contributed by atoms with Crippen molar-refractivity contribution in [3.8, 4) is 0 Å². The molecule has 6 heteroatoms. The molecule has 0 radical (unpaired) electrons. The molecule has 2 amide bonds. The van der Waals surface area contributed by atoms with E-state index in [1.165, 1.54) is 0 Å². The van der Waals surface area contributed by atoms with Gasteiger partial charge in [-0.25, -0.2) is 4.79 Å². The van der Waals surface area contributed by atoms with Crippen molar-refractivity contribution < 1.29 is 14.3 Å². The van der Waals surface area contributed by atoms with Gasteiger partial charge in [-0.3, -0.25) is 4.79 Å². The van der Waals surface area contributed by atoms with Crippen LogP contribution in [0.3, 0.4) is 0 Å². The number of nitrogens with one attached hydrogen (secondary N) is 1. The van der Waals surface area contributed by atoms with Gasteiger partial charge < -0.3 is 15.0 Å². The average Bonchev–Trinajstić information content (AvgIpc) is 2.53. The molecule has 0 aliphatic carbocycles. The molecule has 144 valence electrons. The predicted octanol–water partition coefficient (Wildman–Crippen LogP) is 4.04. The summed E-state index contributed by atoms with van der Waals surface area (Å²) in [4.78, 5) is 27.2. The molecule has 0 saturated carbocycles. The topological polar surface area (TPSA) is 58.6 Å². The molecule has 2 rings (SSSR count). The number of carbonyl (C=O) groups is 2. The summed E-state index contributed by atoms with van der Waals surface area (Å²) in [5.74, 6) is -0.242. The maximum absolute atomic E-state index is 12.8. The molecule has 1 aliphatic rings. The lowest BCUT2D eigenvalue weighted by Gasteiger charge is -2.41. The van der Waals surface area contributed by atoms with Crippen LogP contribution in [0.5, 0.6) is 0 Å². The number of likely N-dealkylation sites (tertiary alicyclic amines) is 1. The second kappa shape index (κ2) is 8.30. The van der Waals surface area contributed by atoms with E-state index >= 15 is 0 Å². The van der Waals surface area contributed by atoms with E-state index in [1.807, 2.05) is 45.0 Å². The zero-order valence-electron chi connectivity index (χ0n) is 16.1. The second-order valence-electron chi connectivity index (χ2n) is 8.01. The van der Waals surface area contributed by atoms with Gasteiger partial charge in [-0.05, 0) is 64.7 Å². The monoisotopic (exact) mass is 380 g/mol. The molecule has 0 unspecified atom stereocenters. The first kappa shape index (κ1) is 20.6. The number of ether oxygens (including phenoxy) is 1. The zero-order valence-corrected chi connectivity index (χ0v) is 16.9. The Kier molecular flexibility index (Phi) is 6.56. The fourth-order valence-electron chi connectivity index (χ4n) is 3.41. The van der Waals surface area contributed by atoms with Crippen LogP contribution in [-0.4, -0.2) is 42.1 Å². The van der Waals surface area contributed by atoms with E-state index in [2.05, 4.69) is 5.32 Å². The molecule has 0 bridgehead atoms. The highest BCUT2D eigenvalue weighted by Gasteiger charge is 2.45. The number of esters is 1. The van der Waals surface area contributed by atoms with Crippen molar-refractivity contribution in [1.82, 2.24) is 10.2 Å². The summed E-state index contributed by atoms with van der Waals surface area (Å²) < 4.78 is 5.39. The van der Waals surface area contributed by atoms with Gasteiger partial charge in [0.2, 0.25) is 0 Å². The Balaban J connectivity index is 2.25. The molecule has 5 nitrogen and oxygen atoms in total. The van der Waals surface area contributed by atoms with Gasteiger partial charge in [-0.1, -0.05) is 23.7 Å². The van der Waals surface area contributed by atoms with E-state index < -0.39 is 5.41 Å². The van der Waals surface area contributed by atoms with Crippen molar-refractivity contribution in [1.29, 1.82) is 0 Å². The summed E-state index contributed by atoms with van der Waals surface area (Å²) in [5, 5.41) is 3.62. The van der Waals surface area contributed by atoms with Crippen LogP contribution >= 0.6 is 11.6 Å². The first-order chi connectivity index (χ1) is 12.1. The molecular formula is C20H29ClN2O3. The Morgan fingerprint density at radius 3 is 2.69 bits per heavy atom. The molecule has 1 saturated heterocycles. The summed E-state index contributed by atoms with van der Waals surface area (Å²) in [6.07, 6.45) is 1.96. The van der Waals surface area contributed by atoms with E-state index in [-0.39, 0.29) is 17.5 Å². The first-order valence-corrected chi connectivity index (χ1v) is 9.52. The standard InChI is InChI=1S/C20H29ClN2O3/c1-5-26-17(24)20(13-15-8-6-9-16(21)12-15)10-7-11-23(14-20)18(25)22-19(2,3)4/h6,8-9,12H,5,7,10-11,13-14H2,1-4H3,(H,22,25)/t20-/m0/s1. The van der Waals surface area contributed by atoms with Crippen LogP contribution in [0.2, 0.25) is 5.02 Å². The van der Waals surface area contributed by atoms with Crippen LogP contribution in [0.15, 0.2) is 24.3 Å². The summed E-state index contributed by atoms with van der Waals surface area (Å²) in [7, 11) is 0. The zero-order chi connectivity index (χ0) is 19.4. The van der Waals surface area contributed by atoms with Gasteiger partial charge in [0.15, 0.2) is 0 Å². The van der Waals surface area contributed by atoms with E-state index in [1.54, 1.807) is 11.8 Å². The molecule has 1 aromatic carbocycles. The summed E-state index contributed by atoms with van der Waals surface area (Å²) in [5.41, 5.74) is -0.0916. The van der Waals surface area contributed by atoms with Gasteiger partial charge >= 0.3 is 12.0 Å². The van der Waals surface area contributed by atoms with Crippen molar-refractivity contribution in [3.63, 3.8) is 0 Å². The lowest BCUT2D eigenvalue weighted by molar-refractivity contribution is -0.158.